The van der Waals surface area contributed by atoms with Crippen molar-refractivity contribution in [1.82, 2.24) is 0 Å². The number of hydrogen-bond donors (Lipinski definition) is 1. The minimum atomic E-state index is -5.02. The van der Waals surface area contributed by atoms with Crippen LogP contribution in [0, 0.1) is 12.1 Å². The molecule has 0 saturated carbocycles. The molecule has 35 heavy (non-hydrogen) atoms. The summed E-state index contributed by atoms with van der Waals surface area (Å²) in [6.45, 7) is 0. The van der Waals surface area contributed by atoms with Crippen LogP contribution in [0.15, 0.2) is 74.6 Å². The predicted molar refractivity (Wildman–Crippen MR) is 107 cm³/mol. The van der Waals surface area contributed by atoms with E-state index in [0.29, 0.717) is 0 Å². The second kappa shape index (κ2) is 14.1. The number of fused-ring (bicyclic) bond motifs is 2. The van der Waals surface area contributed by atoms with Gasteiger partial charge in [-0.3, -0.25) is 6.07 Å². The Labute approximate surface area is 290 Å². The van der Waals surface area contributed by atoms with Crippen LogP contribution in [0.1, 0.15) is 0 Å². The average molecular weight is 546 g/mol. The summed E-state index contributed by atoms with van der Waals surface area (Å²) in [5.41, 5.74) is -0.168. The predicted octanol–water partition coefficient (Wildman–Crippen LogP) is -8.46. The fraction of sp³-hybridized carbons (Fsp3) is 0. The molecule has 0 atom stereocenters. The van der Waals surface area contributed by atoms with Crippen molar-refractivity contribution in [2.24, 2.45) is 10.2 Å². The molecule has 15 heteroatoms. The number of phenolic OH excluding ortho intramolecular Hbond substituents is 1. The second-order valence-electron chi connectivity index (χ2n) is 6.37. The van der Waals surface area contributed by atoms with Crippen LogP contribution in [0.5, 0.6) is 5.75 Å². The first kappa shape index (κ1) is 35.6. The van der Waals surface area contributed by atoms with Gasteiger partial charge in [0.25, 0.3) is 0 Å². The van der Waals surface area contributed by atoms with E-state index in [1.54, 1.807) is 12.1 Å². The van der Waals surface area contributed by atoms with Crippen molar-refractivity contribution in [1.29, 1.82) is 0 Å². The van der Waals surface area contributed by atoms with Gasteiger partial charge in [-0.15, -0.1) is 11.2 Å². The Balaban J connectivity index is 0.00000289. The topological polar surface area (TPSA) is 159 Å². The van der Waals surface area contributed by atoms with Crippen LogP contribution in [-0.2, 0) is 20.2 Å². The molecule has 0 aliphatic carbocycles. The molecule has 0 heterocycles. The van der Waals surface area contributed by atoms with Crippen LogP contribution in [0.2, 0.25) is 0 Å². The maximum absolute atomic E-state index is 11.5. The van der Waals surface area contributed by atoms with Crippen molar-refractivity contribution in [2.45, 2.75) is 9.79 Å². The van der Waals surface area contributed by atoms with E-state index in [2.05, 4.69) is 22.4 Å². The van der Waals surface area contributed by atoms with E-state index >= 15 is 0 Å². The summed E-state index contributed by atoms with van der Waals surface area (Å²) in [5, 5.41) is 19.1. The van der Waals surface area contributed by atoms with Gasteiger partial charge in [0.1, 0.15) is 20.2 Å². The molecule has 4 rings (SSSR count). The van der Waals surface area contributed by atoms with Crippen molar-refractivity contribution in [3.05, 3.63) is 66.7 Å². The smallest absolute Gasteiger partial charge is 0.744 e. The van der Waals surface area contributed by atoms with Crippen LogP contribution < -0.4 is 118 Å². The van der Waals surface area contributed by atoms with E-state index in [0.717, 1.165) is 12.1 Å². The second-order valence-corrected chi connectivity index (χ2v) is 9.07. The van der Waals surface area contributed by atoms with Gasteiger partial charge in [-0.05, 0) is 12.1 Å². The van der Waals surface area contributed by atoms with Crippen LogP contribution >= 0.6 is 0 Å². The van der Waals surface area contributed by atoms with Gasteiger partial charge in [-0.25, -0.2) is 27.6 Å². The molecule has 1 N–H and O–H groups in total. The van der Waals surface area contributed by atoms with Crippen molar-refractivity contribution in [3.8, 4) is 5.75 Å². The Morgan fingerprint density at radius 1 is 0.800 bits per heavy atom. The standard InChI is InChI=1S/C20H12N2O7S2.4Na/c23-20-18(31(27,28)29)11-12-5-1-2-6-13(12)19(20)22-21-16-9-10-17(30(24,25)26)15-8-4-3-7-14(15)16;;;;/h2-5,7-11,23H,(H,24,25,26)(H,27,28,29);;;;/q-2;4*+1/p-2. The van der Waals surface area contributed by atoms with E-state index in [1.165, 1.54) is 30.3 Å². The molecular formula is C20H10N2Na4O7S2. The van der Waals surface area contributed by atoms with Crippen LogP contribution in [0.3, 0.4) is 0 Å². The third-order valence-corrected chi connectivity index (χ3v) is 6.21. The SMILES string of the molecule is O=S(=O)([O-])c1cc2c[c-]c[c-]c2c(N=Nc2ccc(S(=O)(=O)[O-])c3ccccc23)c1O.[Na+].[Na+].[Na+].[Na+]. The molecule has 9 nitrogen and oxygen atoms in total. The number of hydrogen-bond acceptors (Lipinski definition) is 9. The number of benzene rings is 4. The third kappa shape index (κ3) is 7.82. The molecule has 0 unspecified atom stereocenters. The first-order valence-electron chi connectivity index (χ1n) is 8.50. The zero-order valence-corrected chi connectivity index (χ0v) is 28.9. The fourth-order valence-corrected chi connectivity index (χ4v) is 4.40. The third-order valence-electron chi connectivity index (χ3n) is 4.47. The Morgan fingerprint density at radius 2 is 1.40 bits per heavy atom. The van der Waals surface area contributed by atoms with Crippen LogP contribution in [-0.4, -0.2) is 31.0 Å². The van der Waals surface area contributed by atoms with Gasteiger partial charge in [0, 0.05) is 10.8 Å². The van der Waals surface area contributed by atoms with E-state index in [1.807, 2.05) is 0 Å². The Bertz CT molecular complexity index is 1610. The minimum Gasteiger partial charge on any atom is -0.744 e. The summed E-state index contributed by atoms with van der Waals surface area (Å²) in [6.07, 6.45) is 0. The molecule has 0 fully saturated rings. The van der Waals surface area contributed by atoms with Crippen LogP contribution in [0.4, 0.5) is 11.4 Å². The van der Waals surface area contributed by atoms with Crippen LogP contribution in [0.25, 0.3) is 21.5 Å². The molecule has 0 bridgehead atoms. The van der Waals surface area contributed by atoms with Gasteiger partial charge in [-0.2, -0.15) is 5.11 Å². The summed E-state index contributed by atoms with van der Waals surface area (Å²) >= 11 is 0. The van der Waals surface area contributed by atoms with E-state index in [9.17, 15) is 31.0 Å². The number of azo groups is 1. The number of nitrogens with zero attached hydrogens (tertiary/aromatic N) is 2. The van der Waals surface area contributed by atoms with E-state index in [-0.39, 0.29) is 151 Å². The van der Waals surface area contributed by atoms with Gasteiger partial charge in [0.2, 0.25) is 0 Å². The van der Waals surface area contributed by atoms with Gasteiger partial charge >= 0.3 is 118 Å². The Kier molecular flexibility index (Phi) is 14.4. The van der Waals surface area contributed by atoms with Crippen molar-refractivity contribution in [3.63, 3.8) is 0 Å². The summed E-state index contributed by atoms with van der Waals surface area (Å²) in [5.74, 6) is -0.892. The zero-order chi connectivity index (χ0) is 22.4. The Hall–Kier alpha value is 0.620. The number of rotatable bonds is 4. The first-order chi connectivity index (χ1) is 14.6. The maximum atomic E-state index is 11.5. The molecule has 0 amide bonds. The molecule has 0 aliphatic rings. The molecule has 4 aromatic rings. The molecule has 4 aromatic carbocycles. The quantitative estimate of drug-likeness (QED) is 0.115. The van der Waals surface area contributed by atoms with Gasteiger partial charge in [0.15, 0.2) is 5.75 Å². The van der Waals surface area contributed by atoms with Crippen molar-refractivity contribution >= 4 is 53.2 Å². The molecular weight excluding hydrogens is 536 g/mol. The van der Waals surface area contributed by atoms with Gasteiger partial charge in [-0.1, -0.05) is 24.3 Å². The number of aromatic hydroxyl groups is 1. The summed E-state index contributed by atoms with van der Waals surface area (Å²) in [6, 6.07) is 17.6. The van der Waals surface area contributed by atoms with E-state index < -0.39 is 35.8 Å². The molecule has 0 radical (unpaired) electrons. The van der Waals surface area contributed by atoms with Gasteiger partial charge < -0.3 is 32.4 Å². The first-order valence-corrected chi connectivity index (χ1v) is 11.3. The molecule has 158 valence electrons. The molecule has 0 aromatic heterocycles. The van der Waals surface area contributed by atoms with Crippen molar-refractivity contribution < 1.29 is 149 Å². The summed E-state index contributed by atoms with van der Waals surface area (Å²) < 4.78 is 69.2. The molecule has 0 aliphatic heterocycles. The van der Waals surface area contributed by atoms with Gasteiger partial charge in [0.05, 0.1) is 21.2 Å². The van der Waals surface area contributed by atoms with E-state index in [4.69, 9.17) is 0 Å². The number of phenols is 1. The minimum absolute atomic E-state index is 0. The van der Waals surface area contributed by atoms with Crippen molar-refractivity contribution in [2.75, 3.05) is 0 Å². The zero-order valence-electron chi connectivity index (χ0n) is 19.3. The largest absolute Gasteiger partial charge is 1.00 e. The molecule has 0 spiro atoms. The Morgan fingerprint density at radius 3 is 2.00 bits per heavy atom. The summed E-state index contributed by atoms with van der Waals surface area (Å²) in [7, 11) is -9.76. The molecule has 0 saturated heterocycles. The average Bonchev–Trinajstić information content (AvgIpc) is 2.71. The monoisotopic (exact) mass is 546 g/mol. The fourth-order valence-electron chi connectivity index (χ4n) is 3.12. The normalized spacial score (nSPS) is 11.3. The summed E-state index contributed by atoms with van der Waals surface area (Å²) in [4.78, 5) is -1.31. The maximum Gasteiger partial charge on any atom is 1.00 e.